The van der Waals surface area contributed by atoms with Crippen LogP contribution in [0.1, 0.15) is 33.3 Å². The van der Waals surface area contributed by atoms with Gasteiger partial charge in [-0.05, 0) is 31.0 Å². The third-order valence-electron chi connectivity index (χ3n) is 2.95. The van der Waals surface area contributed by atoms with Gasteiger partial charge in [-0.25, -0.2) is 0 Å². The highest BCUT2D eigenvalue weighted by Gasteiger charge is 2.21. The zero-order valence-corrected chi connectivity index (χ0v) is 14.6. The molecule has 0 aromatic heterocycles. The first-order valence-corrected chi connectivity index (χ1v) is 7.80. The monoisotopic (exact) mass is 354 g/mol. The van der Waals surface area contributed by atoms with E-state index in [1.165, 1.54) is 0 Å². The third kappa shape index (κ3) is 6.76. The molecule has 0 aliphatic rings. The Hall–Kier alpha value is -1.36. The fraction of sp³-hybridized carbons (Fsp3) is 0.500. The SMILES string of the molecule is C[C@H](Cc1ccc(Br)cc1)NC(=O)CNC(=O)C(C)(C)C. The molecule has 0 bridgehead atoms. The number of carbonyl (C=O) groups is 2. The van der Waals surface area contributed by atoms with Crippen molar-refractivity contribution in [3.63, 3.8) is 0 Å². The molecule has 0 spiro atoms. The van der Waals surface area contributed by atoms with Gasteiger partial charge in [0.15, 0.2) is 0 Å². The van der Waals surface area contributed by atoms with E-state index >= 15 is 0 Å². The van der Waals surface area contributed by atoms with Crippen LogP contribution < -0.4 is 10.6 Å². The van der Waals surface area contributed by atoms with Crippen molar-refractivity contribution >= 4 is 27.7 Å². The van der Waals surface area contributed by atoms with Gasteiger partial charge in [-0.3, -0.25) is 9.59 Å². The molecule has 0 heterocycles. The zero-order valence-electron chi connectivity index (χ0n) is 13.0. The van der Waals surface area contributed by atoms with Crippen molar-refractivity contribution in [1.82, 2.24) is 10.6 Å². The van der Waals surface area contributed by atoms with E-state index in [0.717, 1.165) is 16.5 Å². The molecule has 4 nitrogen and oxygen atoms in total. The van der Waals surface area contributed by atoms with Gasteiger partial charge in [0, 0.05) is 15.9 Å². The molecular weight excluding hydrogens is 332 g/mol. The summed E-state index contributed by atoms with van der Waals surface area (Å²) < 4.78 is 1.04. The van der Waals surface area contributed by atoms with E-state index in [1.807, 2.05) is 52.0 Å². The minimum absolute atomic E-state index is 0.0147. The van der Waals surface area contributed by atoms with Crippen molar-refractivity contribution in [2.45, 2.75) is 40.2 Å². The van der Waals surface area contributed by atoms with Crippen LogP contribution in [0.5, 0.6) is 0 Å². The van der Waals surface area contributed by atoms with E-state index in [4.69, 9.17) is 0 Å². The number of rotatable bonds is 5. The Balaban J connectivity index is 2.37. The maximum Gasteiger partial charge on any atom is 0.239 e. The summed E-state index contributed by atoms with van der Waals surface area (Å²) in [5.41, 5.74) is 0.674. The first kappa shape index (κ1) is 17.7. The summed E-state index contributed by atoms with van der Waals surface area (Å²) in [4.78, 5) is 23.5. The quantitative estimate of drug-likeness (QED) is 0.853. The highest BCUT2D eigenvalue weighted by atomic mass is 79.9. The van der Waals surface area contributed by atoms with E-state index in [9.17, 15) is 9.59 Å². The molecule has 21 heavy (non-hydrogen) atoms. The minimum atomic E-state index is -0.483. The van der Waals surface area contributed by atoms with Gasteiger partial charge in [-0.1, -0.05) is 48.8 Å². The van der Waals surface area contributed by atoms with Gasteiger partial charge in [-0.2, -0.15) is 0 Å². The molecule has 2 amide bonds. The summed E-state index contributed by atoms with van der Waals surface area (Å²) in [6, 6.07) is 8.02. The Morgan fingerprint density at radius 2 is 1.76 bits per heavy atom. The third-order valence-corrected chi connectivity index (χ3v) is 3.48. The summed E-state index contributed by atoms with van der Waals surface area (Å²) >= 11 is 3.39. The lowest BCUT2D eigenvalue weighted by Crippen LogP contribution is -2.44. The highest BCUT2D eigenvalue weighted by Crippen LogP contribution is 2.12. The van der Waals surface area contributed by atoms with Crippen molar-refractivity contribution in [2.24, 2.45) is 5.41 Å². The molecule has 5 heteroatoms. The van der Waals surface area contributed by atoms with Crippen molar-refractivity contribution in [3.05, 3.63) is 34.3 Å². The van der Waals surface area contributed by atoms with Crippen LogP contribution in [0.3, 0.4) is 0 Å². The standard InChI is InChI=1S/C16H23BrN2O2/c1-11(9-12-5-7-13(17)8-6-12)19-14(20)10-18-15(21)16(2,3)4/h5-8,11H,9-10H2,1-4H3,(H,18,21)(H,19,20)/t11-/m1/s1. The normalized spacial score (nSPS) is 12.6. The van der Waals surface area contributed by atoms with E-state index < -0.39 is 5.41 Å². The smallest absolute Gasteiger partial charge is 0.239 e. The van der Waals surface area contributed by atoms with Gasteiger partial charge in [0.05, 0.1) is 6.54 Å². The maximum atomic E-state index is 11.8. The number of amides is 2. The molecule has 1 aromatic carbocycles. The number of benzene rings is 1. The van der Waals surface area contributed by atoms with E-state index in [2.05, 4.69) is 26.6 Å². The van der Waals surface area contributed by atoms with E-state index in [-0.39, 0.29) is 24.4 Å². The van der Waals surface area contributed by atoms with Crippen LogP contribution in [-0.4, -0.2) is 24.4 Å². The van der Waals surface area contributed by atoms with Crippen LogP contribution in [0.4, 0.5) is 0 Å². The van der Waals surface area contributed by atoms with Crippen molar-refractivity contribution < 1.29 is 9.59 Å². The molecule has 0 unspecified atom stereocenters. The number of halogens is 1. The molecule has 2 N–H and O–H groups in total. The van der Waals surface area contributed by atoms with Gasteiger partial charge in [0.25, 0.3) is 0 Å². The summed E-state index contributed by atoms with van der Waals surface area (Å²) in [6.07, 6.45) is 0.756. The van der Waals surface area contributed by atoms with E-state index in [0.29, 0.717) is 0 Å². The molecule has 116 valence electrons. The maximum absolute atomic E-state index is 11.8. The van der Waals surface area contributed by atoms with Crippen LogP contribution in [0.25, 0.3) is 0 Å². The van der Waals surface area contributed by atoms with Gasteiger partial charge in [-0.15, -0.1) is 0 Å². The van der Waals surface area contributed by atoms with E-state index in [1.54, 1.807) is 0 Å². The van der Waals surface area contributed by atoms with Gasteiger partial charge in [0.2, 0.25) is 11.8 Å². The van der Waals surface area contributed by atoms with Crippen LogP contribution in [0.15, 0.2) is 28.7 Å². The average molecular weight is 355 g/mol. The molecule has 0 saturated heterocycles. The molecule has 1 aromatic rings. The Labute approximate surface area is 134 Å². The Morgan fingerprint density at radius 1 is 1.19 bits per heavy atom. The molecule has 1 atom stereocenters. The molecular formula is C16H23BrN2O2. The van der Waals surface area contributed by atoms with Gasteiger partial charge >= 0.3 is 0 Å². The average Bonchev–Trinajstić information content (AvgIpc) is 2.37. The first-order chi connectivity index (χ1) is 9.68. The van der Waals surface area contributed by atoms with Gasteiger partial charge in [0.1, 0.15) is 0 Å². The zero-order chi connectivity index (χ0) is 16.0. The van der Waals surface area contributed by atoms with Crippen LogP contribution >= 0.6 is 15.9 Å². The summed E-state index contributed by atoms with van der Waals surface area (Å²) in [5, 5.41) is 5.53. The Kier molecular flexibility index (Phi) is 6.40. The number of hydrogen-bond donors (Lipinski definition) is 2. The minimum Gasteiger partial charge on any atom is -0.352 e. The van der Waals surface area contributed by atoms with Crippen LogP contribution in [-0.2, 0) is 16.0 Å². The molecule has 1 rings (SSSR count). The molecule has 0 aliphatic heterocycles. The lowest BCUT2D eigenvalue weighted by Gasteiger charge is -2.18. The number of nitrogens with one attached hydrogen (secondary N) is 2. The van der Waals surface area contributed by atoms with Crippen LogP contribution in [0, 0.1) is 5.41 Å². The summed E-state index contributed by atoms with van der Waals surface area (Å²) in [7, 11) is 0. The van der Waals surface area contributed by atoms with Gasteiger partial charge < -0.3 is 10.6 Å². The van der Waals surface area contributed by atoms with Crippen LogP contribution in [0.2, 0.25) is 0 Å². The lowest BCUT2D eigenvalue weighted by atomic mass is 9.96. The number of carbonyl (C=O) groups excluding carboxylic acids is 2. The topological polar surface area (TPSA) is 58.2 Å². The largest absolute Gasteiger partial charge is 0.352 e. The van der Waals surface area contributed by atoms with Crippen molar-refractivity contribution in [2.75, 3.05) is 6.54 Å². The molecule has 0 radical (unpaired) electrons. The van der Waals surface area contributed by atoms with Crippen molar-refractivity contribution in [1.29, 1.82) is 0 Å². The first-order valence-electron chi connectivity index (χ1n) is 7.00. The predicted octanol–water partition coefficient (Wildman–Crippen LogP) is 2.66. The lowest BCUT2D eigenvalue weighted by molar-refractivity contribution is -0.131. The predicted molar refractivity (Wildman–Crippen MR) is 87.9 cm³/mol. The Bertz CT molecular complexity index is 492. The fourth-order valence-corrected chi connectivity index (χ4v) is 2.04. The second-order valence-electron chi connectivity index (χ2n) is 6.23. The fourth-order valence-electron chi connectivity index (χ4n) is 1.78. The highest BCUT2D eigenvalue weighted by molar-refractivity contribution is 9.10. The summed E-state index contributed by atoms with van der Waals surface area (Å²) in [6.45, 7) is 7.41. The molecule has 0 aliphatic carbocycles. The molecule has 0 saturated carbocycles. The van der Waals surface area contributed by atoms with Crippen molar-refractivity contribution in [3.8, 4) is 0 Å². The number of hydrogen-bond acceptors (Lipinski definition) is 2. The second kappa shape index (κ2) is 7.59. The molecule has 0 fully saturated rings. The Morgan fingerprint density at radius 3 is 2.29 bits per heavy atom. The second-order valence-corrected chi connectivity index (χ2v) is 7.15. The summed E-state index contributed by atoms with van der Waals surface area (Å²) in [5.74, 6) is -0.296.